The zero-order chi connectivity index (χ0) is 19.8. The summed E-state index contributed by atoms with van der Waals surface area (Å²) in [6, 6.07) is 12.9. The number of hydrogen-bond acceptors (Lipinski definition) is 4. The largest absolute Gasteiger partial charge is 0.493 e. The SMILES string of the molecule is CCNC(=O)[C@H]1CCN(C(=O)Nc2ccc(OCCc3ccccn3)cc2)C1. The average Bonchev–Trinajstić information content (AvgIpc) is 3.21. The van der Waals surface area contributed by atoms with Gasteiger partial charge in [-0.3, -0.25) is 9.78 Å². The Kier molecular flexibility index (Phi) is 6.84. The number of urea groups is 1. The van der Waals surface area contributed by atoms with Crippen molar-refractivity contribution in [2.45, 2.75) is 19.8 Å². The normalized spacial score (nSPS) is 15.9. The number of anilines is 1. The molecule has 1 fully saturated rings. The van der Waals surface area contributed by atoms with Gasteiger partial charge in [-0.05, 0) is 49.7 Å². The van der Waals surface area contributed by atoms with E-state index in [1.54, 1.807) is 11.1 Å². The maximum absolute atomic E-state index is 12.4. The van der Waals surface area contributed by atoms with Crippen LogP contribution in [-0.2, 0) is 11.2 Å². The van der Waals surface area contributed by atoms with E-state index in [4.69, 9.17) is 4.74 Å². The minimum Gasteiger partial charge on any atom is -0.493 e. The summed E-state index contributed by atoms with van der Waals surface area (Å²) in [4.78, 5) is 30.2. The van der Waals surface area contributed by atoms with Crippen molar-refractivity contribution >= 4 is 17.6 Å². The molecule has 0 radical (unpaired) electrons. The van der Waals surface area contributed by atoms with E-state index in [2.05, 4.69) is 15.6 Å². The molecule has 2 heterocycles. The molecule has 7 heteroatoms. The van der Waals surface area contributed by atoms with Gasteiger partial charge in [0.05, 0.1) is 12.5 Å². The molecule has 0 unspecified atom stereocenters. The summed E-state index contributed by atoms with van der Waals surface area (Å²) in [7, 11) is 0. The fraction of sp³-hybridized carbons (Fsp3) is 0.381. The number of pyridine rings is 1. The van der Waals surface area contributed by atoms with Gasteiger partial charge in [-0.1, -0.05) is 6.07 Å². The van der Waals surface area contributed by atoms with Crippen LogP contribution in [0.25, 0.3) is 0 Å². The van der Waals surface area contributed by atoms with Gasteiger partial charge in [0.2, 0.25) is 5.91 Å². The standard InChI is InChI=1S/C21H26N4O3/c1-2-22-20(26)16-10-13-25(15-16)21(27)24-18-6-8-19(9-7-18)28-14-11-17-5-3-4-12-23-17/h3-9,12,16H,2,10-11,13-15H2,1H3,(H,22,26)(H,24,27)/t16-/m0/s1. The summed E-state index contributed by atoms with van der Waals surface area (Å²) in [5, 5.41) is 5.69. The molecular formula is C21H26N4O3. The van der Waals surface area contributed by atoms with Crippen LogP contribution in [0.5, 0.6) is 5.75 Å². The van der Waals surface area contributed by atoms with Crippen molar-refractivity contribution in [1.29, 1.82) is 0 Å². The zero-order valence-electron chi connectivity index (χ0n) is 16.1. The molecule has 7 nitrogen and oxygen atoms in total. The number of carbonyl (C=O) groups is 2. The van der Waals surface area contributed by atoms with E-state index in [0.717, 1.165) is 17.9 Å². The van der Waals surface area contributed by atoms with Crippen molar-refractivity contribution in [3.63, 3.8) is 0 Å². The fourth-order valence-corrected chi connectivity index (χ4v) is 3.13. The number of benzene rings is 1. The number of hydrogen-bond donors (Lipinski definition) is 2. The summed E-state index contributed by atoms with van der Waals surface area (Å²) in [5.41, 5.74) is 1.69. The van der Waals surface area contributed by atoms with Gasteiger partial charge in [0.15, 0.2) is 0 Å². The van der Waals surface area contributed by atoms with Crippen molar-refractivity contribution in [3.8, 4) is 5.75 Å². The minimum absolute atomic E-state index is 0.0185. The molecule has 0 aliphatic carbocycles. The Morgan fingerprint density at radius 2 is 2.04 bits per heavy atom. The van der Waals surface area contributed by atoms with Crippen molar-refractivity contribution in [3.05, 3.63) is 54.4 Å². The van der Waals surface area contributed by atoms with Crippen LogP contribution in [0.1, 0.15) is 19.0 Å². The first-order valence-electron chi connectivity index (χ1n) is 9.62. The number of carbonyl (C=O) groups excluding carboxylic acids is 2. The lowest BCUT2D eigenvalue weighted by Crippen LogP contribution is -2.36. The number of rotatable bonds is 7. The molecule has 0 bridgehead atoms. The Hall–Kier alpha value is -3.09. The lowest BCUT2D eigenvalue weighted by Gasteiger charge is -2.17. The highest BCUT2D eigenvalue weighted by atomic mass is 16.5. The lowest BCUT2D eigenvalue weighted by molar-refractivity contribution is -0.124. The van der Waals surface area contributed by atoms with Gasteiger partial charge in [0.25, 0.3) is 0 Å². The van der Waals surface area contributed by atoms with Crippen molar-refractivity contribution in [2.75, 3.05) is 31.6 Å². The number of aromatic nitrogens is 1. The number of likely N-dealkylation sites (tertiary alicyclic amines) is 1. The van der Waals surface area contributed by atoms with Crippen LogP contribution in [0.15, 0.2) is 48.7 Å². The third kappa shape index (κ3) is 5.45. The van der Waals surface area contributed by atoms with Crippen LogP contribution < -0.4 is 15.4 Å². The van der Waals surface area contributed by atoms with Crippen molar-refractivity contribution < 1.29 is 14.3 Å². The van der Waals surface area contributed by atoms with Crippen LogP contribution in [0, 0.1) is 5.92 Å². The molecule has 1 atom stereocenters. The quantitative estimate of drug-likeness (QED) is 0.771. The van der Waals surface area contributed by atoms with Gasteiger partial charge in [0.1, 0.15) is 5.75 Å². The van der Waals surface area contributed by atoms with Gasteiger partial charge in [-0.25, -0.2) is 4.79 Å². The van der Waals surface area contributed by atoms with Gasteiger partial charge < -0.3 is 20.3 Å². The summed E-state index contributed by atoms with van der Waals surface area (Å²) >= 11 is 0. The topological polar surface area (TPSA) is 83.6 Å². The van der Waals surface area contributed by atoms with Crippen LogP contribution in [0.4, 0.5) is 10.5 Å². The minimum atomic E-state index is -0.185. The molecular weight excluding hydrogens is 356 g/mol. The van der Waals surface area contributed by atoms with Gasteiger partial charge in [-0.15, -0.1) is 0 Å². The maximum atomic E-state index is 12.4. The molecule has 3 rings (SSSR count). The smallest absolute Gasteiger partial charge is 0.321 e. The molecule has 2 N–H and O–H groups in total. The molecule has 3 amide bonds. The van der Waals surface area contributed by atoms with E-state index in [-0.39, 0.29) is 17.9 Å². The van der Waals surface area contributed by atoms with Crippen molar-refractivity contribution in [2.24, 2.45) is 5.92 Å². The molecule has 1 aliphatic heterocycles. The molecule has 1 aromatic carbocycles. The van der Waals surface area contributed by atoms with Crippen LogP contribution >= 0.6 is 0 Å². The molecule has 28 heavy (non-hydrogen) atoms. The number of amides is 3. The number of nitrogens with zero attached hydrogens (tertiary/aromatic N) is 2. The van der Waals surface area contributed by atoms with Crippen molar-refractivity contribution in [1.82, 2.24) is 15.2 Å². The van der Waals surface area contributed by atoms with E-state index < -0.39 is 0 Å². The molecule has 1 saturated heterocycles. The first-order chi connectivity index (χ1) is 13.7. The van der Waals surface area contributed by atoms with Gasteiger partial charge in [0, 0.05) is 43.6 Å². The molecule has 0 saturated carbocycles. The molecule has 0 spiro atoms. The van der Waals surface area contributed by atoms with E-state index in [9.17, 15) is 9.59 Å². The fourth-order valence-electron chi connectivity index (χ4n) is 3.13. The second-order valence-electron chi connectivity index (χ2n) is 6.70. The van der Waals surface area contributed by atoms with E-state index in [1.807, 2.05) is 49.4 Å². The second-order valence-corrected chi connectivity index (χ2v) is 6.70. The summed E-state index contributed by atoms with van der Waals surface area (Å²) < 4.78 is 5.73. The summed E-state index contributed by atoms with van der Waals surface area (Å²) in [6.45, 7) is 4.08. The van der Waals surface area contributed by atoms with E-state index >= 15 is 0 Å². The Morgan fingerprint density at radius 1 is 1.21 bits per heavy atom. The monoisotopic (exact) mass is 382 g/mol. The molecule has 2 aromatic rings. The first-order valence-corrected chi connectivity index (χ1v) is 9.62. The molecule has 1 aliphatic rings. The van der Waals surface area contributed by atoms with E-state index in [0.29, 0.717) is 38.3 Å². The molecule has 148 valence electrons. The third-order valence-electron chi connectivity index (χ3n) is 4.66. The molecule has 1 aromatic heterocycles. The predicted molar refractivity (Wildman–Crippen MR) is 107 cm³/mol. The van der Waals surface area contributed by atoms with Crippen LogP contribution in [-0.4, -0.2) is 48.1 Å². The van der Waals surface area contributed by atoms with E-state index in [1.165, 1.54) is 0 Å². The maximum Gasteiger partial charge on any atom is 0.321 e. The second kappa shape index (κ2) is 9.73. The Morgan fingerprint density at radius 3 is 2.75 bits per heavy atom. The number of nitrogens with one attached hydrogen (secondary N) is 2. The third-order valence-corrected chi connectivity index (χ3v) is 4.66. The first kappa shape index (κ1) is 19.7. The Labute approximate surface area is 165 Å². The highest BCUT2D eigenvalue weighted by Crippen LogP contribution is 2.20. The highest BCUT2D eigenvalue weighted by molar-refractivity contribution is 5.90. The van der Waals surface area contributed by atoms with Crippen LogP contribution in [0.3, 0.4) is 0 Å². The Balaban J connectivity index is 1.43. The summed E-state index contributed by atoms with van der Waals surface area (Å²) in [6.07, 6.45) is 3.20. The number of ether oxygens (including phenoxy) is 1. The summed E-state index contributed by atoms with van der Waals surface area (Å²) in [5.74, 6) is 0.636. The average molecular weight is 382 g/mol. The highest BCUT2D eigenvalue weighted by Gasteiger charge is 2.30. The van der Waals surface area contributed by atoms with Crippen LogP contribution in [0.2, 0.25) is 0 Å². The zero-order valence-corrected chi connectivity index (χ0v) is 16.1. The lowest BCUT2D eigenvalue weighted by atomic mass is 10.1. The predicted octanol–water partition coefficient (Wildman–Crippen LogP) is 2.69. The Bertz CT molecular complexity index is 780. The van der Waals surface area contributed by atoms with Gasteiger partial charge in [-0.2, -0.15) is 0 Å². The van der Waals surface area contributed by atoms with Gasteiger partial charge >= 0.3 is 6.03 Å².